The lowest BCUT2D eigenvalue weighted by atomic mass is 10.0. The van der Waals surface area contributed by atoms with E-state index in [-0.39, 0.29) is 11.9 Å². The van der Waals surface area contributed by atoms with Crippen LogP contribution in [-0.2, 0) is 17.6 Å². The summed E-state index contributed by atoms with van der Waals surface area (Å²) < 4.78 is 2.36. The highest BCUT2D eigenvalue weighted by Gasteiger charge is 2.34. The quantitative estimate of drug-likeness (QED) is 0.938. The first-order chi connectivity index (χ1) is 11.7. The molecular weight excluding hydrogens is 300 g/mol. The van der Waals surface area contributed by atoms with E-state index in [1.54, 1.807) is 0 Å². The van der Waals surface area contributed by atoms with Gasteiger partial charge in [-0.3, -0.25) is 9.69 Å². The van der Waals surface area contributed by atoms with Crippen molar-refractivity contribution in [2.24, 2.45) is 5.73 Å². The van der Waals surface area contributed by atoms with Crippen molar-refractivity contribution in [2.75, 3.05) is 13.1 Å². The van der Waals surface area contributed by atoms with Gasteiger partial charge in [0.1, 0.15) is 6.04 Å². The van der Waals surface area contributed by atoms with Crippen LogP contribution in [0.25, 0.3) is 0 Å². The second kappa shape index (κ2) is 6.40. The first-order valence-electron chi connectivity index (χ1n) is 8.87. The molecule has 1 fully saturated rings. The monoisotopic (exact) mass is 324 g/mol. The number of amides is 1. The average Bonchev–Trinajstić information content (AvgIpc) is 3.22. The van der Waals surface area contributed by atoms with Crippen LogP contribution in [0.5, 0.6) is 0 Å². The molecule has 1 saturated heterocycles. The van der Waals surface area contributed by atoms with E-state index in [4.69, 9.17) is 5.73 Å². The van der Waals surface area contributed by atoms with Gasteiger partial charge in [-0.1, -0.05) is 30.3 Å². The molecule has 1 amide bonds. The third kappa shape index (κ3) is 2.73. The second-order valence-corrected chi connectivity index (χ2v) is 6.91. The van der Waals surface area contributed by atoms with Crippen molar-refractivity contribution in [1.82, 2.24) is 14.5 Å². The van der Waals surface area contributed by atoms with Gasteiger partial charge in [-0.15, -0.1) is 0 Å². The van der Waals surface area contributed by atoms with Crippen molar-refractivity contribution in [3.05, 3.63) is 53.6 Å². The predicted octanol–water partition coefficient (Wildman–Crippen LogP) is 2.24. The fraction of sp³-hybridized carbons (Fsp3) is 0.474. The molecule has 0 bridgehead atoms. The topological polar surface area (TPSA) is 64.2 Å². The number of fused-ring (bicyclic) bond motifs is 1. The van der Waals surface area contributed by atoms with Gasteiger partial charge in [-0.05, 0) is 37.7 Å². The number of rotatable bonds is 4. The minimum atomic E-state index is -0.337. The van der Waals surface area contributed by atoms with Gasteiger partial charge in [0.05, 0.1) is 12.0 Å². The van der Waals surface area contributed by atoms with Crippen LogP contribution < -0.4 is 5.73 Å². The Balaban J connectivity index is 1.55. The zero-order valence-electron chi connectivity index (χ0n) is 13.9. The summed E-state index contributed by atoms with van der Waals surface area (Å²) in [5.74, 6) is -0.269. The lowest BCUT2D eigenvalue weighted by Gasteiger charge is -2.26. The van der Waals surface area contributed by atoms with Crippen LogP contribution in [0.2, 0.25) is 0 Å². The van der Waals surface area contributed by atoms with E-state index in [0.29, 0.717) is 6.04 Å². The first-order valence-corrected chi connectivity index (χ1v) is 8.87. The number of nitrogens with two attached hydrogens (primary N) is 1. The Morgan fingerprint density at radius 3 is 2.79 bits per heavy atom. The lowest BCUT2D eigenvalue weighted by molar-refractivity contribution is -0.123. The molecule has 126 valence electrons. The van der Waals surface area contributed by atoms with Crippen molar-refractivity contribution < 1.29 is 4.79 Å². The Labute approximate surface area is 142 Å². The van der Waals surface area contributed by atoms with Gasteiger partial charge in [0.25, 0.3) is 0 Å². The minimum Gasteiger partial charge on any atom is -0.368 e. The molecule has 0 unspecified atom stereocenters. The SMILES string of the molecule is NC(=O)[C@@H](c1ccccc1)N1CC[C@H](n2cnc3c2CCCC3)C1. The molecule has 0 saturated carbocycles. The molecule has 2 atom stereocenters. The summed E-state index contributed by atoms with van der Waals surface area (Å²) in [5.41, 5.74) is 9.39. The molecule has 24 heavy (non-hydrogen) atoms. The van der Waals surface area contributed by atoms with Gasteiger partial charge < -0.3 is 10.3 Å². The molecule has 0 radical (unpaired) electrons. The fourth-order valence-corrected chi connectivity index (χ4v) is 4.23. The summed E-state index contributed by atoms with van der Waals surface area (Å²) in [6.45, 7) is 1.74. The predicted molar refractivity (Wildman–Crippen MR) is 92.5 cm³/mol. The summed E-state index contributed by atoms with van der Waals surface area (Å²) in [6, 6.07) is 9.92. The van der Waals surface area contributed by atoms with E-state index in [1.807, 2.05) is 36.7 Å². The summed E-state index contributed by atoms with van der Waals surface area (Å²) in [4.78, 5) is 18.9. The summed E-state index contributed by atoms with van der Waals surface area (Å²) in [5, 5.41) is 0. The summed E-state index contributed by atoms with van der Waals surface area (Å²) in [7, 11) is 0. The maximum Gasteiger partial charge on any atom is 0.239 e. The Hall–Kier alpha value is -2.14. The molecule has 1 aromatic carbocycles. The van der Waals surface area contributed by atoms with Crippen molar-refractivity contribution in [1.29, 1.82) is 0 Å². The fourth-order valence-electron chi connectivity index (χ4n) is 4.23. The average molecular weight is 324 g/mol. The molecule has 5 nitrogen and oxygen atoms in total. The molecular formula is C19H24N4O. The van der Waals surface area contributed by atoms with Crippen LogP contribution in [-0.4, -0.2) is 33.4 Å². The number of carbonyl (C=O) groups excluding carboxylic acids is 1. The number of hydrogen-bond donors (Lipinski definition) is 1. The van der Waals surface area contributed by atoms with E-state index < -0.39 is 0 Å². The van der Waals surface area contributed by atoms with Crippen LogP contribution in [0.15, 0.2) is 36.7 Å². The smallest absolute Gasteiger partial charge is 0.239 e. The second-order valence-electron chi connectivity index (χ2n) is 6.91. The number of aromatic nitrogens is 2. The normalized spacial score (nSPS) is 22.2. The van der Waals surface area contributed by atoms with Gasteiger partial charge in [0, 0.05) is 24.8 Å². The Morgan fingerprint density at radius 1 is 1.21 bits per heavy atom. The lowest BCUT2D eigenvalue weighted by Crippen LogP contribution is -2.36. The standard InChI is InChI=1S/C19H24N4O/c20-19(24)18(14-6-2-1-3-7-14)22-11-10-15(12-22)23-13-21-16-8-4-5-9-17(16)23/h1-3,6-7,13,15,18H,4-5,8-12H2,(H2,20,24)/t15-,18+/m0/s1. The highest BCUT2D eigenvalue weighted by atomic mass is 16.1. The summed E-state index contributed by atoms with van der Waals surface area (Å²) in [6.07, 6.45) is 7.78. The molecule has 1 aromatic heterocycles. The maximum absolute atomic E-state index is 12.1. The van der Waals surface area contributed by atoms with Crippen LogP contribution in [0.4, 0.5) is 0 Å². The maximum atomic E-state index is 12.1. The van der Waals surface area contributed by atoms with Crippen LogP contribution in [0, 0.1) is 0 Å². The first kappa shape index (κ1) is 15.4. The van der Waals surface area contributed by atoms with E-state index in [0.717, 1.165) is 37.9 Å². The highest BCUT2D eigenvalue weighted by Crippen LogP contribution is 2.32. The van der Waals surface area contributed by atoms with Gasteiger partial charge in [0.15, 0.2) is 0 Å². The number of carbonyl (C=O) groups is 1. The zero-order valence-corrected chi connectivity index (χ0v) is 13.9. The molecule has 4 rings (SSSR count). The van der Waals surface area contributed by atoms with E-state index in [9.17, 15) is 4.79 Å². The Morgan fingerprint density at radius 2 is 2.00 bits per heavy atom. The van der Waals surface area contributed by atoms with Crippen LogP contribution in [0.3, 0.4) is 0 Å². The molecule has 2 N–H and O–H groups in total. The Kier molecular flexibility index (Phi) is 4.10. The van der Waals surface area contributed by atoms with Gasteiger partial charge in [-0.2, -0.15) is 0 Å². The highest BCUT2D eigenvalue weighted by molar-refractivity contribution is 5.81. The molecule has 2 aromatic rings. The summed E-state index contributed by atoms with van der Waals surface area (Å²) >= 11 is 0. The van der Waals surface area contributed by atoms with E-state index >= 15 is 0 Å². The minimum absolute atomic E-state index is 0.269. The number of imidazole rings is 1. The van der Waals surface area contributed by atoms with E-state index in [1.165, 1.54) is 24.2 Å². The van der Waals surface area contributed by atoms with Crippen molar-refractivity contribution in [3.8, 4) is 0 Å². The van der Waals surface area contributed by atoms with Gasteiger partial charge >= 0.3 is 0 Å². The number of primary amides is 1. The third-order valence-corrected chi connectivity index (χ3v) is 5.40. The van der Waals surface area contributed by atoms with Crippen molar-refractivity contribution in [3.63, 3.8) is 0 Å². The molecule has 5 heteroatoms. The van der Waals surface area contributed by atoms with Gasteiger partial charge in [0.2, 0.25) is 5.91 Å². The number of likely N-dealkylation sites (tertiary alicyclic amines) is 1. The van der Waals surface area contributed by atoms with Crippen LogP contribution >= 0.6 is 0 Å². The molecule has 1 aliphatic carbocycles. The van der Waals surface area contributed by atoms with E-state index in [2.05, 4.69) is 14.5 Å². The number of nitrogens with zero attached hydrogens (tertiary/aromatic N) is 3. The molecule has 2 heterocycles. The van der Waals surface area contributed by atoms with Crippen LogP contribution in [0.1, 0.15) is 48.3 Å². The molecule has 1 aliphatic heterocycles. The zero-order chi connectivity index (χ0) is 16.5. The third-order valence-electron chi connectivity index (χ3n) is 5.40. The Bertz CT molecular complexity index is 724. The largest absolute Gasteiger partial charge is 0.368 e. The van der Waals surface area contributed by atoms with Crippen molar-refractivity contribution in [2.45, 2.75) is 44.2 Å². The number of hydrogen-bond acceptors (Lipinski definition) is 3. The number of aryl methyl sites for hydroxylation is 1. The van der Waals surface area contributed by atoms with Gasteiger partial charge in [-0.25, -0.2) is 4.98 Å². The molecule has 0 spiro atoms. The van der Waals surface area contributed by atoms with Crippen molar-refractivity contribution >= 4 is 5.91 Å². The molecule has 2 aliphatic rings. The number of benzene rings is 1.